The molecule has 3 aromatic rings. The number of benzene rings is 1. The number of nitrogens with zero attached hydrogens (tertiary/aromatic N) is 1. The summed E-state index contributed by atoms with van der Waals surface area (Å²) in [5.41, 5.74) is 2.60. The fraction of sp³-hybridized carbons (Fsp3) is 0.278. The second kappa shape index (κ2) is 6.75. The van der Waals surface area contributed by atoms with Crippen molar-refractivity contribution in [2.75, 3.05) is 4.72 Å². The number of aryl methyl sites for hydroxylation is 1. The van der Waals surface area contributed by atoms with Crippen molar-refractivity contribution in [1.29, 1.82) is 0 Å². The second-order valence-electron chi connectivity index (χ2n) is 7.01. The molecule has 0 aliphatic carbocycles. The lowest BCUT2D eigenvalue weighted by Crippen LogP contribution is -2.12. The van der Waals surface area contributed by atoms with Crippen molar-refractivity contribution in [3.8, 4) is 10.6 Å². The van der Waals surface area contributed by atoms with Gasteiger partial charge >= 0.3 is 0 Å². The van der Waals surface area contributed by atoms with Crippen LogP contribution in [0.15, 0.2) is 39.2 Å². The Morgan fingerprint density at radius 3 is 2.46 bits per heavy atom. The minimum atomic E-state index is -3.73. The number of rotatable bonds is 4. The Kier molecular flexibility index (Phi) is 4.94. The standard InChI is InChI=1S/C18H19FN2O2S3/c1-11-7-13(19)5-6-14(11)21-26(22,23)16-8-12(9-24-16)17-20-15(10-25-17)18(2,3)4/h5-10,21H,1-4H3. The first kappa shape index (κ1) is 19.0. The molecule has 0 amide bonds. The Bertz CT molecular complexity index is 1050. The Morgan fingerprint density at radius 2 is 1.85 bits per heavy atom. The van der Waals surface area contributed by atoms with E-state index >= 15 is 0 Å². The normalized spacial score (nSPS) is 12.3. The zero-order chi connectivity index (χ0) is 19.1. The molecule has 2 aromatic heterocycles. The van der Waals surface area contributed by atoms with Crippen LogP contribution >= 0.6 is 22.7 Å². The fourth-order valence-electron chi connectivity index (χ4n) is 2.26. The van der Waals surface area contributed by atoms with Gasteiger partial charge in [-0.05, 0) is 36.8 Å². The van der Waals surface area contributed by atoms with E-state index in [9.17, 15) is 12.8 Å². The molecular formula is C18H19FN2O2S3. The van der Waals surface area contributed by atoms with Crippen molar-refractivity contribution in [3.63, 3.8) is 0 Å². The molecule has 0 saturated carbocycles. The van der Waals surface area contributed by atoms with Crippen LogP contribution in [0.25, 0.3) is 10.6 Å². The minimum absolute atomic E-state index is 0.0542. The molecule has 26 heavy (non-hydrogen) atoms. The maximum absolute atomic E-state index is 13.2. The Hall–Kier alpha value is -1.77. The molecule has 4 nitrogen and oxygen atoms in total. The average molecular weight is 411 g/mol. The fourth-order valence-corrected chi connectivity index (χ4v) is 5.66. The SMILES string of the molecule is Cc1cc(F)ccc1NS(=O)(=O)c1cc(-c2nc(C(C)(C)C)cs2)cs1. The van der Waals surface area contributed by atoms with Gasteiger partial charge in [0.1, 0.15) is 15.0 Å². The van der Waals surface area contributed by atoms with Crippen molar-refractivity contribution in [3.05, 3.63) is 52.1 Å². The van der Waals surface area contributed by atoms with E-state index in [1.165, 1.54) is 29.5 Å². The molecule has 0 radical (unpaired) electrons. The molecule has 1 N–H and O–H groups in total. The van der Waals surface area contributed by atoms with Gasteiger partial charge in [-0.3, -0.25) is 4.72 Å². The lowest BCUT2D eigenvalue weighted by Gasteiger charge is -2.14. The maximum Gasteiger partial charge on any atom is 0.271 e. The summed E-state index contributed by atoms with van der Waals surface area (Å²) in [5, 5.41) is 4.59. The van der Waals surface area contributed by atoms with Gasteiger partial charge in [0, 0.05) is 21.7 Å². The molecule has 0 aliphatic heterocycles. The van der Waals surface area contributed by atoms with E-state index in [1.54, 1.807) is 18.4 Å². The lowest BCUT2D eigenvalue weighted by molar-refractivity contribution is 0.573. The molecular weight excluding hydrogens is 391 g/mol. The third-order valence-corrected chi connectivity index (χ3v) is 7.49. The lowest BCUT2D eigenvalue weighted by atomic mass is 9.93. The smallest absolute Gasteiger partial charge is 0.271 e. The summed E-state index contributed by atoms with van der Waals surface area (Å²) in [6.07, 6.45) is 0. The van der Waals surface area contributed by atoms with Crippen LogP contribution in [0.4, 0.5) is 10.1 Å². The van der Waals surface area contributed by atoms with Crippen LogP contribution < -0.4 is 4.72 Å². The van der Waals surface area contributed by atoms with Gasteiger partial charge in [0.25, 0.3) is 10.0 Å². The third kappa shape index (κ3) is 3.97. The number of thiophene rings is 1. The maximum atomic E-state index is 13.2. The molecule has 0 spiro atoms. The summed E-state index contributed by atoms with van der Waals surface area (Å²) in [6.45, 7) is 7.92. The third-order valence-electron chi connectivity index (χ3n) is 3.79. The highest BCUT2D eigenvalue weighted by atomic mass is 32.2. The van der Waals surface area contributed by atoms with Gasteiger partial charge < -0.3 is 0 Å². The van der Waals surface area contributed by atoms with E-state index in [1.807, 2.05) is 5.38 Å². The summed E-state index contributed by atoms with van der Waals surface area (Å²) in [5.74, 6) is -0.401. The van der Waals surface area contributed by atoms with Crippen molar-refractivity contribution < 1.29 is 12.8 Å². The van der Waals surface area contributed by atoms with Gasteiger partial charge in [0.15, 0.2) is 0 Å². The van der Waals surface area contributed by atoms with E-state index in [0.29, 0.717) is 11.3 Å². The van der Waals surface area contributed by atoms with Crippen molar-refractivity contribution in [2.45, 2.75) is 37.3 Å². The van der Waals surface area contributed by atoms with Gasteiger partial charge in [-0.25, -0.2) is 17.8 Å². The van der Waals surface area contributed by atoms with Gasteiger partial charge in [-0.1, -0.05) is 20.8 Å². The summed E-state index contributed by atoms with van der Waals surface area (Å²) in [6, 6.07) is 5.57. The number of anilines is 1. The van der Waals surface area contributed by atoms with Gasteiger partial charge in [-0.2, -0.15) is 0 Å². The summed E-state index contributed by atoms with van der Waals surface area (Å²) < 4.78 is 41.2. The Balaban J connectivity index is 1.87. The van der Waals surface area contributed by atoms with E-state index in [4.69, 9.17) is 0 Å². The number of hydrogen-bond donors (Lipinski definition) is 1. The van der Waals surface area contributed by atoms with E-state index in [-0.39, 0.29) is 9.62 Å². The molecule has 0 unspecified atom stereocenters. The number of thiazole rings is 1. The monoisotopic (exact) mass is 410 g/mol. The topological polar surface area (TPSA) is 59.1 Å². The Labute approximate surface area is 160 Å². The summed E-state index contributed by atoms with van der Waals surface area (Å²) in [4.78, 5) is 4.62. The van der Waals surface area contributed by atoms with Crippen LogP contribution in [-0.4, -0.2) is 13.4 Å². The van der Waals surface area contributed by atoms with E-state index < -0.39 is 15.8 Å². The molecule has 0 atom stereocenters. The molecule has 0 fully saturated rings. The second-order valence-corrected chi connectivity index (χ2v) is 10.7. The molecule has 3 rings (SSSR count). The van der Waals surface area contributed by atoms with Crippen molar-refractivity contribution in [1.82, 2.24) is 4.98 Å². The van der Waals surface area contributed by atoms with Crippen LogP contribution in [0.1, 0.15) is 32.0 Å². The zero-order valence-electron chi connectivity index (χ0n) is 14.8. The largest absolute Gasteiger partial charge is 0.279 e. The highest BCUT2D eigenvalue weighted by Gasteiger charge is 2.21. The van der Waals surface area contributed by atoms with Crippen LogP contribution in [0, 0.1) is 12.7 Å². The molecule has 0 aliphatic rings. The molecule has 8 heteroatoms. The quantitative estimate of drug-likeness (QED) is 0.625. The minimum Gasteiger partial charge on any atom is -0.279 e. The molecule has 138 valence electrons. The highest BCUT2D eigenvalue weighted by Crippen LogP contribution is 2.34. The van der Waals surface area contributed by atoms with Crippen LogP contribution in [0.3, 0.4) is 0 Å². The first-order chi connectivity index (χ1) is 12.1. The van der Waals surface area contributed by atoms with Crippen LogP contribution in [-0.2, 0) is 15.4 Å². The number of sulfonamides is 1. The van der Waals surface area contributed by atoms with E-state index in [2.05, 4.69) is 30.5 Å². The number of aromatic nitrogens is 1. The molecule has 0 bridgehead atoms. The predicted molar refractivity (Wildman–Crippen MR) is 106 cm³/mol. The van der Waals surface area contributed by atoms with Crippen LogP contribution in [0.2, 0.25) is 0 Å². The van der Waals surface area contributed by atoms with Crippen molar-refractivity contribution >= 4 is 38.4 Å². The van der Waals surface area contributed by atoms with Gasteiger partial charge in [0.05, 0.1) is 11.4 Å². The summed E-state index contributed by atoms with van der Waals surface area (Å²) in [7, 11) is -3.73. The average Bonchev–Trinajstić information content (AvgIpc) is 3.17. The molecule has 1 aromatic carbocycles. The number of nitrogens with one attached hydrogen (secondary N) is 1. The van der Waals surface area contributed by atoms with Crippen LogP contribution in [0.5, 0.6) is 0 Å². The molecule has 0 saturated heterocycles. The Morgan fingerprint density at radius 1 is 1.12 bits per heavy atom. The predicted octanol–water partition coefficient (Wildman–Crippen LogP) is 5.42. The van der Waals surface area contributed by atoms with Gasteiger partial charge in [0.2, 0.25) is 0 Å². The van der Waals surface area contributed by atoms with Gasteiger partial charge in [-0.15, -0.1) is 22.7 Å². The first-order valence-corrected chi connectivity index (χ1v) is 11.1. The zero-order valence-corrected chi connectivity index (χ0v) is 17.3. The first-order valence-electron chi connectivity index (χ1n) is 7.90. The number of halogens is 1. The van der Waals surface area contributed by atoms with Crippen molar-refractivity contribution in [2.24, 2.45) is 0 Å². The van der Waals surface area contributed by atoms with E-state index in [0.717, 1.165) is 27.6 Å². The molecule has 2 heterocycles. The summed E-state index contributed by atoms with van der Waals surface area (Å²) >= 11 is 2.64. The highest BCUT2D eigenvalue weighted by molar-refractivity contribution is 7.94. The number of hydrogen-bond acceptors (Lipinski definition) is 5.